The summed E-state index contributed by atoms with van der Waals surface area (Å²) >= 11 is 0. The van der Waals surface area contributed by atoms with Gasteiger partial charge in [-0.15, -0.1) is 0 Å². The zero-order valence-electron chi connectivity index (χ0n) is 10.0. The van der Waals surface area contributed by atoms with Crippen LogP contribution in [0, 0.1) is 6.92 Å². The van der Waals surface area contributed by atoms with Crippen molar-refractivity contribution in [2.45, 2.75) is 40.3 Å². The average molecular weight is 210 g/mol. The van der Waals surface area contributed by atoms with Crippen molar-refractivity contribution < 1.29 is 4.42 Å². The van der Waals surface area contributed by atoms with Gasteiger partial charge in [-0.25, -0.2) is 0 Å². The predicted octanol–water partition coefficient (Wildman–Crippen LogP) is 2.28. The zero-order chi connectivity index (χ0) is 11.3. The molecule has 2 N–H and O–H groups in total. The van der Waals surface area contributed by atoms with Crippen molar-refractivity contribution >= 4 is 0 Å². The van der Waals surface area contributed by atoms with E-state index in [0.717, 1.165) is 36.7 Å². The fourth-order valence-corrected chi connectivity index (χ4v) is 1.75. The van der Waals surface area contributed by atoms with Crippen LogP contribution in [0.15, 0.2) is 10.5 Å². The van der Waals surface area contributed by atoms with Gasteiger partial charge in [-0.1, -0.05) is 13.8 Å². The monoisotopic (exact) mass is 210 g/mol. The lowest BCUT2D eigenvalue weighted by Crippen LogP contribution is -2.23. The van der Waals surface area contributed by atoms with Crippen LogP contribution in [0.5, 0.6) is 0 Å². The summed E-state index contributed by atoms with van der Waals surface area (Å²) in [6.07, 6.45) is 1.18. The number of nitrogens with two attached hydrogens (primary N) is 1. The lowest BCUT2D eigenvalue weighted by atomic mass is 10.2. The third kappa shape index (κ3) is 3.36. The maximum atomic E-state index is 5.66. The Balaban J connectivity index is 2.62. The molecule has 1 rings (SSSR count). The molecule has 0 saturated carbocycles. The molecule has 3 heteroatoms. The van der Waals surface area contributed by atoms with E-state index in [1.807, 2.05) is 6.92 Å². The Morgan fingerprint density at radius 3 is 2.60 bits per heavy atom. The van der Waals surface area contributed by atoms with Gasteiger partial charge in [0.1, 0.15) is 11.5 Å². The Bertz CT molecular complexity index is 294. The zero-order valence-corrected chi connectivity index (χ0v) is 10.0. The van der Waals surface area contributed by atoms with Crippen LogP contribution in [-0.4, -0.2) is 18.0 Å². The van der Waals surface area contributed by atoms with Crippen molar-refractivity contribution in [2.75, 3.05) is 13.1 Å². The highest BCUT2D eigenvalue weighted by Crippen LogP contribution is 2.15. The Kier molecular flexibility index (Phi) is 4.85. The average Bonchev–Trinajstić information content (AvgIpc) is 2.58. The first-order valence-electron chi connectivity index (χ1n) is 5.71. The summed E-state index contributed by atoms with van der Waals surface area (Å²) in [5.74, 6) is 1.99. The fourth-order valence-electron chi connectivity index (χ4n) is 1.75. The summed E-state index contributed by atoms with van der Waals surface area (Å²) in [5, 5.41) is 0. The number of nitrogens with zero attached hydrogens (tertiary/aromatic N) is 1. The minimum absolute atomic E-state index is 0.565. The van der Waals surface area contributed by atoms with E-state index < -0.39 is 0 Å². The molecule has 0 amide bonds. The van der Waals surface area contributed by atoms with E-state index in [2.05, 4.69) is 24.8 Å². The molecule has 0 fully saturated rings. The molecule has 0 aliphatic carbocycles. The van der Waals surface area contributed by atoms with Gasteiger partial charge in [0.15, 0.2) is 0 Å². The Morgan fingerprint density at radius 2 is 2.13 bits per heavy atom. The summed E-state index contributed by atoms with van der Waals surface area (Å²) < 4.78 is 5.66. The third-order valence-electron chi connectivity index (χ3n) is 2.66. The topological polar surface area (TPSA) is 42.4 Å². The highest BCUT2D eigenvalue weighted by molar-refractivity contribution is 5.20. The summed E-state index contributed by atoms with van der Waals surface area (Å²) in [4.78, 5) is 2.37. The molecule has 0 bridgehead atoms. The van der Waals surface area contributed by atoms with Gasteiger partial charge < -0.3 is 10.2 Å². The lowest BCUT2D eigenvalue weighted by molar-refractivity contribution is 0.254. The Labute approximate surface area is 92.2 Å². The molecule has 0 radical (unpaired) electrons. The lowest BCUT2D eigenvalue weighted by Gasteiger charge is -2.17. The molecule has 3 nitrogen and oxygen atoms in total. The van der Waals surface area contributed by atoms with Crippen molar-refractivity contribution in [1.82, 2.24) is 4.90 Å². The minimum Gasteiger partial charge on any atom is -0.465 e. The molecule has 0 unspecified atom stereocenters. The molecule has 1 heterocycles. The van der Waals surface area contributed by atoms with Gasteiger partial charge in [-0.05, 0) is 32.5 Å². The van der Waals surface area contributed by atoms with Gasteiger partial charge in [-0.2, -0.15) is 0 Å². The summed E-state index contributed by atoms with van der Waals surface area (Å²) in [7, 11) is 0. The molecule has 15 heavy (non-hydrogen) atoms. The van der Waals surface area contributed by atoms with Crippen LogP contribution < -0.4 is 5.73 Å². The van der Waals surface area contributed by atoms with Crippen LogP contribution in [0.3, 0.4) is 0 Å². The van der Waals surface area contributed by atoms with Crippen molar-refractivity contribution in [3.05, 3.63) is 23.2 Å². The highest BCUT2D eigenvalue weighted by Gasteiger charge is 2.09. The molecule has 0 aliphatic rings. The first-order chi connectivity index (χ1) is 7.21. The van der Waals surface area contributed by atoms with Crippen molar-refractivity contribution in [3.63, 3.8) is 0 Å². The number of furan rings is 1. The highest BCUT2D eigenvalue weighted by atomic mass is 16.3. The number of hydrogen-bond acceptors (Lipinski definition) is 3. The van der Waals surface area contributed by atoms with Crippen molar-refractivity contribution in [3.8, 4) is 0 Å². The van der Waals surface area contributed by atoms with E-state index in [4.69, 9.17) is 10.2 Å². The maximum absolute atomic E-state index is 5.66. The standard InChI is InChI=1S/C12H22N2O/c1-4-6-14(5-2)9-12-7-11(8-13)10(3)15-12/h7H,4-6,8-9,13H2,1-3H3. The van der Waals surface area contributed by atoms with E-state index in [-0.39, 0.29) is 0 Å². The van der Waals surface area contributed by atoms with Crippen molar-refractivity contribution in [2.24, 2.45) is 5.73 Å². The molecule has 1 aromatic rings. The van der Waals surface area contributed by atoms with Gasteiger partial charge in [0.2, 0.25) is 0 Å². The van der Waals surface area contributed by atoms with Crippen LogP contribution in [0.2, 0.25) is 0 Å². The molecule has 0 aromatic carbocycles. The molecule has 1 aromatic heterocycles. The van der Waals surface area contributed by atoms with Crippen LogP contribution in [0.1, 0.15) is 37.4 Å². The van der Waals surface area contributed by atoms with Gasteiger partial charge in [-0.3, -0.25) is 4.90 Å². The van der Waals surface area contributed by atoms with Crippen molar-refractivity contribution in [1.29, 1.82) is 0 Å². The van der Waals surface area contributed by atoms with Gasteiger partial charge in [0.05, 0.1) is 6.54 Å². The van der Waals surface area contributed by atoms with Gasteiger partial charge in [0, 0.05) is 12.1 Å². The fraction of sp³-hybridized carbons (Fsp3) is 0.667. The Morgan fingerprint density at radius 1 is 1.40 bits per heavy atom. The smallest absolute Gasteiger partial charge is 0.118 e. The third-order valence-corrected chi connectivity index (χ3v) is 2.66. The van der Waals surface area contributed by atoms with Gasteiger partial charge in [0.25, 0.3) is 0 Å². The van der Waals surface area contributed by atoms with E-state index in [0.29, 0.717) is 6.54 Å². The second-order valence-corrected chi connectivity index (χ2v) is 3.87. The second kappa shape index (κ2) is 5.93. The number of rotatable bonds is 6. The van der Waals surface area contributed by atoms with Crippen LogP contribution in [0.4, 0.5) is 0 Å². The first kappa shape index (κ1) is 12.3. The van der Waals surface area contributed by atoms with Crippen LogP contribution in [0.25, 0.3) is 0 Å². The molecule has 86 valence electrons. The Hall–Kier alpha value is -0.800. The minimum atomic E-state index is 0.565. The second-order valence-electron chi connectivity index (χ2n) is 3.87. The first-order valence-corrected chi connectivity index (χ1v) is 5.71. The number of aryl methyl sites for hydroxylation is 1. The van der Waals surface area contributed by atoms with Gasteiger partial charge >= 0.3 is 0 Å². The summed E-state index contributed by atoms with van der Waals surface area (Å²) in [6.45, 7) is 9.98. The molecule has 0 saturated heterocycles. The van der Waals surface area contributed by atoms with E-state index in [1.165, 1.54) is 6.42 Å². The molecule has 0 spiro atoms. The van der Waals surface area contributed by atoms with E-state index in [1.54, 1.807) is 0 Å². The molecule has 0 atom stereocenters. The van der Waals surface area contributed by atoms with Crippen LogP contribution in [-0.2, 0) is 13.1 Å². The largest absolute Gasteiger partial charge is 0.465 e. The normalized spacial score (nSPS) is 11.3. The number of hydrogen-bond donors (Lipinski definition) is 1. The molecule has 0 aliphatic heterocycles. The summed E-state index contributed by atoms with van der Waals surface area (Å²) in [5.41, 5.74) is 6.74. The molecular formula is C12H22N2O. The van der Waals surface area contributed by atoms with Crippen LogP contribution >= 0.6 is 0 Å². The molecular weight excluding hydrogens is 188 g/mol. The predicted molar refractivity (Wildman–Crippen MR) is 62.6 cm³/mol. The summed E-state index contributed by atoms with van der Waals surface area (Å²) in [6, 6.07) is 2.08. The quantitative estimate of drug-likeness (QED) is 0.783. The van der Waals surface area contributed by atoms with E-state index in [9.17, 15) is 0 Å². The SMILES string of the molecule is CCCN(CC)Cc1cc(CN)c(C)o1. The maximum Gasteiger partial charge on any atom is 0.118 e. The van der Waals surface area contributed by atoms with E-state index >= 15 is 0 Å².